The van der Waals surface area contributed by atoms with Crippen molar-refractivity contribution in [1.82, 2.24) is 9.97 Å². The lowest BCUT2D eigenvalue weighted by atomic mass is 10.1. The lowest BCUT2D eigenvalue weighted by Crippen LogP contribution is -2.46. The number of ether oxygens (including phenoxy) is 2. The predicted molar refractivity (Wildman–Crippen MR) is 174 cm³/mol. The molecule has 3 N–H and O–H groups in total. The second-order valence-corrected chi connectivity index (χ2v) is 10.4. The molecule has 0 unspecified atom stereocenters. The second kappa shape index (κ2) is 12.8. The monoisotopic (exact) mass is 607 g/mol. The van der Waals surface area contributed by atoms with E-state index in [1.54, 1.807) is 54.5 Å². The molecule has 45 heavy (non-hydrogen) atoms. The van der Waals surface area contributed by atoms with Crippen LogP contribution in [-0.4, -0.2) is 49.1 Å². The lowest BCUT2D eigenvalue weighted by Gasteiger charge is -2.35. The Bertz CT molecular complexity index is 1800. The van der Waals surface area contributed by atoms with Crippen LogP contribution in [0.2, 0.25) is 0 Å². The standard InChI is InChI=1S/C33H33N7O5/c1-7-29(41)37-27-14-23(10-8-19(27)2)36-32-34-17-22-18-40(33(43)39(4)30(22)38-32)28-15-24(11-9-20(28)3)35-31(42)21-12-25(44-5)16-26(13-21)45-6/h7-17H,1,18H2,2-6H3,(H,35,42)(H,37,41)(H,34,36,38). The van der Waals surface area contributed by atoms with Gasteiger partial charge in [-0.15, -0.1) is 0 Å². The van der Waals surface area contributed by atoms with E-state index in [2.05, 4.69) is 32.5 Å². The average molecular weight is 608 g/mol. The molecule has 1 aliphatic rings. The molecule has 4 amide bonds. The van der Waals surface area contributed by atoms with Gasteiger partial charge in [-0.05, 0) is 67.4 Å². The Morgan fingerprint density at radius 3 is 2.31 bits per heavy atom. The first-order valence-corrected chi connectivity index (χ1v) is 14.0. The van der Waals surface area contributed by atoms with Gasteiger partial charge in [-0.25, -0.2) is 9.78 Å². The molecule has 0 aliphatic carbocycles. The normalized spacial score (nSPS) is 12.2. The Hall–Kier alpha value is -5.91. The number of benzene rings is 3. The number of fused-ring (bicyclic) bond motifs is 1. The van der Waals surface area contributed by atoms with Crippen LogP contribution >= 0.6 is 0 Å². The zero-order valence-electron chi connectivity index (χ0n) is 25.6. The van der Waals surface area contributed by atoms with E-state index in [1.807, 2.05) is 32.0 Å². The van der Waals surface area contributed by atoms with Crippen LogP contribution in [0.15, 0.2) is 73.4 Å². The van der Waals surface area contributed by atoms with Gasteiger partial charge in [0.15, 0.2) is 0 Å². The fourth-order valence-corrected chi connectivity index (χ4v) is 4.82. The minimum atomic E-state index is -0.355. The summed E-state index contributed by atoms with van der Waals surface area (Å²) < 4.78 is 10.6. The fourth-order valence-electron chi connectivity index (χ4n) is 4.82. The molecule has 5 rings (SSSR count). The molecule has 12 nitrogen and oxygen atoms in total. The number of nitrogens with one attached hydrogen (secondary N) is 3. The molecule has 3 aromatic carbocycles. The number of hydrogen-bond donors (Lipinski definition) is 3. The van der Waals surface area contributed by atoms with Crippen molar-refractivity contribution < 1.29 is 23.9 Å². The van der Waals surface area contributed by atoms with Gasteiger partial charge in [-0.2, -0.15) is 4.98 Å². The van der Waals surface area contributed by atoms with Crippen LogP contribution in [0, 0.1) is 13.8 Å². The van der Waals surface area contributed by atoms with Gasteiger partial charge in [0, 0.05) is 47.5 Å². The lowest BCUT2D eigenvalue weighted by molar-refractivity contribution is -0.111. The molecule has 1 aromatic heterocycles. The van der Waals surface area contributed by atoms with E-state index in [9.17, 15) is 14.4 Å². The molecular formula is C33H33N7O5. The van der Waals surface area contributed by atoms with Crippen LogP contribution in [-0.2, 0) is 11.3 Å². The maximum absolute atomic E-state index is 13.6. The SMILES string of the molecule is C=CC(=O)Nc1cc(Nc2ncc3c(n2)N(C)C(=O)N(c2cc(NC(=O)c4cc(OC)cc(OC)c4)ccc2C)C3)ccc1C. The van der Waals surface area contributed by atoms with Gasteiger partial charge < -0.3 is 25.4 Å². The third kappa shape index (κ3) is 6.54. The van der Waals surface area contributed by atoms with Crippen molar-refractivity contribution >= 4 is 52.4 Å². The van der Waals surface area contributed by atoms with E-state index in [4.69, 9.17) is 9.47 Å². The van der Waals surface area contributed by atoms with E-state index in [0.29, 0.717) is 51.6 Å². The molecule has 0 bridgehead atoms. The fraction of sp³-hybridized carbons (Fsp3) is 0.182. The van der Waals surface area contributed by atoms with Crippen molar-refractivity contribution in [3.63, 3.8) is 0 Å². The molecule has 0 spiro atoms. The Labute approximate surface area is 260 Å². The van der Waals surface area contributed by atoms with Crippen LogP contribution in [0.3, 0.4) is 0 Å². The number of nitrogens with zero attached hydrogens (tertiary/aromatic N) is 4. The van der Waals surface area contributed by atoms with Crippen LogP contribution in [0.4, 0.5) is 39.3 Å². The topological polar surface area (TPSA) is 138 Å². The van der Waals surface area contributed by atoms with Gasteiger partial charge in [-0.1, -0.05) is 18.7 Å². The van der Waals surface area contributed by atoms with E-state index in [1.165, 1.54) is 25.2 Å². The van der Waals surface area contributed by atoms with Gasteiger partial charge >= 0.3 is 6.03 Å². The maximum Gasteiger partial charge on any atom is 0.330 e. The highest BCUT2D eigenvalue weighted by Gasteiger charge is 2.31. The summed E-state index contributed by atoms with van der Waals surface area (Å²) in [6, 6.07) is 15.5. The second-order valence-electron chi connectivity index (χ2n) is 10.4. The van der Waals surface area contributed by atoms with Crippen LogP contribution in [0.5, 0.6) is 11.5 Å². The molecule has 0 radical (unpaired) electrons. The summed E-state index contributed by atoms with van der Waals surface area (Å²) >= 11 is 0. The summed E-state index contributed by atoms with van der Waals surface area (Å²) in [5, 5.41) is 8.82. The Morgan fingerprint density at radius 1 is 0.933 bits per heavy atom. The molecule has 0 fully saturated rings. The number of carbonyl (C=O) groups is 3. The first-order valence-electron chi connectivity index (χ1n) is 14.0. The molecule has 0 saturated heterocycles. The molecule has 0 atom stereocenters. The van der Waals surface area contributed by atoms with Crippen molar-refractivity contribution in [2.75, 3.05) is 47.0 Å². The summed E-state index contributed by atoms with van der Waals surface area (Å²) in [5.74, 6) is 1.08. The number of aryl methyl sites for hydroxylation is 2. The third-order valence-electron chi connectivity index (χ3n) is 7.31. The summed E-state index contributed by atoms with van der Waals surface area (Å²) in [4.78, 5) is 50.7. The van der Waals surface area contributed by atoms with Gasteiger partial charge in [0.1, 0.15) is 17.3 Å². The summed E-state index contributed by atoms with van der Waals surface area (Å²) in [5.41, 5.74) is 5.27. The van der Waals surface area contributed by atoms with Crippen molar-refractivity contribution in [3.05, 3.63) is 95.7 Å². The zero-order chi connectivity index (χ0) is 32.2. The minimum absolute atomic E-state index is 0.229. The van der Waals surface area contributed by atoms with Crippen molar-refractivity contribution in [2.24, 2.45) is 0 Å². The number of carbonyl (C=O) groups excluding carboxylic acids is 3. The van der Waals surface area contributed by atoms with E-state index < -0.39 is 0 Å². The summed E-state index contributed by atoms with van der Waals surface area (Å²) in [7, 11) is 4.68. The van der Waals surface area contributed by atoms with Crippen molar-refractivity contribution in [3.8, 4) is 11.5 Å². The van der Waals surface area contributed by atoms with Gasteiger partial charge in [-0.3, -0.25) is 19.4 Å². The molecule has 0 saturated carbocycles. The first-order chi connectivity index (χ1) is 21.6. The number of amides is 4. The first kappa shape index (κ1) is 30.5. The highest BCUT2D eigenvalue weighted by atomic mass is 16.5. The molecule has 4 aromatic rings. The smallest absolute Gasteiger partial charge is 0.330 e. The molecular weight excluding hydrogens is 574 g/mol. The quantitative estimate of drug-likeness (QED) is 0.203. The maximum atomic E-state index is 13.6. The summed E-state index contributed by atoms with van der Waals surface area (Å²) in [6.07, 6.45) is 2.88. The van der Waals surface area contributed by atoms with E-state index in [-0.39, 0.29) is 24.4 Å². The van der Waals surface area contributed by atoms with Crippen molar-refractivity contribution in [2.45, 2.75) is 20.4 Å². The highest BCUT2D eigenvalue weighted by Crippen LogP contribution is 2.34. The Kier molecular flexibility index (Phi) is 8.66. The number of urea groups is 1. The molecule has 1 aliphatic heterocycles. The van der Waals surface area contributed by atoms with E-state index in [0.717, 1.165) is 16.7 Å². The van der Waals surface area contributed by atoms with Crippen LogP contribution < -0.4 is 35.2 Å². The number of methoxy groups -OCH3 is 2. The summed E-state index contributed by atoms with van der Waals surface area (Å²) in [6.45, 7) is 7.50. The third-order valence-corrected chi connectivity index (χ3v) is 7.31. The number of rotatable bonds is 9. The minimum Gasteiger partial charge on any atom is -0.497 e. The molecule has 230 valence electrons. The number of hydrogen-bond acceptors (Lipinski definition) is 8. The Morgan fingerprint density at radius 2 is 1.62 bits per heavy atom. The zero-order valence-corrected chi connectivity index (χ0v) is 25.6. The number of aromatic nitrogens is 2. The largest absolute Gasteiger partial charge is 0.497 e. The predicted octanol–water partition coefficient (Wildman–Crippen LogP) is 5.81. The molecule has 12 heteroatoms. The van der Waals surface area contributed by atoms with Crippen LogP contribution in [0.1, 0.15) is 27.0 Å². The van der Waals surface area contributed by atoms with Gasteiger partial charge in [0.05, 0.1) is 26.5 Å². The van der Waals surface area contributed by atoms with Crippen LogP contribution in [0.25, 0.3) is 0 Å². The van der Waals surface area contributed by atoms with E-state index >= 15 is 0 Å². The van der Waals surface area contributed by atoms with Crippen molar-refractivity contribution in [1.29, 1.82) is 0 Å². The van der Waals surface area contributed by atoms with Gasteiger partial charge in [0.25, 0.3) is 5.91 Å². The van der Waals surface area contributed by atoms with Gasteiger partial charge in [0.2, 0.25) is 11.9 Å². The average Bonchev–Trinajstić information content (AvgIpc) is 3.05. The number of anilines is 6. The molecule has 2 heterocycles. The highest BCUT2D eigenvalue weighted by molar-refractivity contribution is 6.07. The Balaban J connectivity index is 1.36.